The molecule has 1 rings (SSSR count). The molecule has 0 bridgehead atoms. The van der Waals surface area contributed by atoms with Gasteiger partial charge in [-0.2, -0.15) is 0 Å². The maximum Gasteiger partial charge on any atom is 0.0000873 e. The summed E-state index contributed by atoms with van der Waals surface area (Å²) in [6.07, 6.45) is 10.3. The average Bonchev–Trinajstić information content (AvgIpc) is 1.91. The Bertz CT molecular complexity index is 96.7. The number of allylic oxidation sites excluding steroid dienone is 2. The van der Waals surface area contributed by atoms with Crippen LogP contribution in [0.25, 0.3) is 0 Å². The first kappa shape index (κ1) is 7.58. The highest BCUT2D eigenvalue weighted by Gasteiger charge is 2.05. The van der Waals surface area contributed by atoms with Crippen LogP contribution >= 0.6 is 22.6 Å². The van der Waals surface area contributed by atoms with E-state index in [1.165, 1.54) is 30.1 Å². The molecule has 1 atom stereocenters. The summed E-state index contributed by atoms with van der Waals surface area (Å²) in [5.74, 6) is 0.913. The number of hydrogen-bond acceptors (Lipinski definition) is 0. The molecule has 0 aromatic heterocycles. The van der Waals surface area contributed by atoms with Gasteiger partial charge in [-0.3, -0.25) is 0 Å². The fourth-order valence-electron chi connectivity index (χ4n) is 1.26. The lowest BCUT2D eigenvalue weighted by Gasteiger charge is -2.13. The molecule has 1 unspecified atom stereocenters. The Morgan fingerprint density at radius 3 is 3.00 bits per heavy atom. The highest BCUT2D eigenvalue weighted by Crippen LogP contribution is 2.20. The second kappa shape index (κ2) is 4.31. The SMILES string of the molecule is ICCC1C=CCCC1. The normalized spacial score (nSPS) is 26.6. The van der Waals surface area contributed by atoms with Crippen molar-refractivity contribution < 1.29 is 0 Å². The minimum absolute atomic E-state index is 0.913. The molecular formula is C8H13I. The third-order valence-electron chi connectivity index (χ3n) is 1.83. The van der Waals surface area contributed by atoms with Crippen molar-refractivity contribution in [3.8, 4) is 0 Å². The fourth-order valence-corrected chi connectivity index (χ4v) is 2.06. The predicted molar refractivity (Wildman–Crippen MR) is 50.0 cm³/mol. The van der Waals surface area contributed by atoms with Crippen molar-refractivity contribution in [1.82, 2.24) is 0 Å². The predicted octanol–water partition coefficient (Wildman–Crippen LogP) is 3.17. The van der Waals surface area contributed by atoms with E-state index < -0.39 is 0 Å². The molecule has 1 aliphatic rings. The fraction of sp³-hybridized carbons (Fsp3) is 0.750. The van der Waals surface area contributed by atoms with Gasteiger partial charge in [-0.25, -0.2) is 0 Å². The van der Waals surface area contributed by atoms with Crippen molar-refractivity contribution >= 4 is 22.6 Å². The molecule has 0 saturated heterocycles. The Morgan fingerprint density at radius 2 is 2.44 bits per heavy atom. The van der Waals surface area contributed by atoms with Crippen LogP contribution in [0.5, 0.6) is 0 Å². The van der Waals surface area contributed by atoms with Crippen LogP contribution in [-0.4, -0.2) is 4.43 Å². The van der Waals surface area contributed by atoms with E-state index in [0.29, 0.717) is 0 Å². The van der Waals surface area contributed by atoms with Gasteiger partial charge in [0.15, 0.2) is 0 Å². The molecule has 0 aromatic carbocycles. The quantitative estimate of drug-likeness (QED) is 0.392. The van der Waals surface area contributed by atoms with Gasteiger partial charge in [0, 0.05) is 4.43 Å². The van der Waals surface area contributed by atoms with Gasteiger partial charge < -0.3 is 0 Å². The Morgan fingerprint density at radius 1 is 1.56 bits per heavy atom. The summed E-state index contributed by atoms with van der Waals surface area (Å²) < 4.78 is 1.31. The average molecular weight is 236 g/mol. The van der Waals surface area contributed by atoms with Crippen molar-refractivity contribution in [3.63, 3.8) is 0 Å². The van der Waals surface area contributed by atoms with Gasteiger partial charge >= 0.3 is 0 Å². The van der Waals surface area contributed by atoms with E-state index in [9.17, 15) is 0 Å². The smallest absolute Gasteiger partial charge is 0.0000873 e. The molecule has 0 saturated carbocycles. The lowest BCUT2D eigenvalue weighted by atomic mass is 9.94. The van der Waals surface area contributed by atoms with Crippen LogP contribution in [0, 0.1) is 5.92 Å². The number of rotatable bonds is 2. The molecule has 0 radical (unpaired) electrons. The molecule has 0 N–H and O–H groups in total. The van der Waals surface area contributed by atoms with Crippen LogP contribution in [-0.2, 0) is 0 Å². The van der Waals surface area contributed by atoms with Gasteiger partial charge in [-0.15, -0.1) is 0 Å². The highest BCUT2D eigenvalue weighted by atomic mass is 127. The van der Waals surface area contributed by atoms with Crippen molar-refractivity contribution in [2.75, 3.05) is 4.43 Å². The molecule has 0 nitrogen and oxygen atoms in total. The van der Waals surface area contributed by atoms with Crippen LogP contribution < -0.4 is 0 Å². The first-order chi connectivity index (χ1) is 4.43. The summed E-state index contributed by atoms with van der Waals surface area (Å²) >= 11 is 2.46. The summed E-state index contributed by atoms with van der Waals surface area (Å²) in [5.41, 5.74) is 0. The van der Waals surface area contributed by atoms with Gasteiger partial charge in [-0.05, 0) is 31.6 Å². The Kier molecular flexibility index (Phi) is 3.63. The maximum absolute atomic E-state index is 2.46. The summed E-state index contributed by atoms with van der Waals surface area (Å²) in [6, 6.07) is 0. The lowest BCUT2D eigenvalue weighted by molar-refractivity contribution is 0.533. The van der Waals surface area contributed by atoms with Gasteiger partial charge in [0.2, 0.25) is 0 Å². The van der Waals surface area contributed by atoms with E-state index in [4.69, 9.17) is 0 Å². The molecule has 52 valence electrons. The van der Waals surface area contributed by atoms with E-state index in [-0.39, 0.29) is 0 Å². The molecule has 0 heterocycles. The van der Waals surface area contributed by atoms with Gasteiger partial charge in [-0.1, -0.05) is 34.7 Å². The van der Waals surface area contributed by atoms with Crippen LogP contribution in [0.1, 0.15) is 25.7 Å². The zero-order valence-corrected chi connectivity index (χ0v) is 7.80. The summed E-state index contributed by atoms with van der Waals surface area (Å²) in [5, 5.41) is 0. The van der Waals surface area contributed by atoms with Crippen molar-refractivity contribution in [3.05, 3.63) is 12.2 Å². The first-order valence-corrected chi connectivity index (χ1v) is 5.18. The Hall–Kier alpha value is 0.470. The lowest BCUT2D eigenvalue weighted by Crippen LogP contribution is -2.00. The summed E-state index contributed by atoms with van der Waals surface area (Å²) in [6.45, 7) is 0. The molecule has 1 aliphatic carbocycles. The van der Waals surface area contributed by atoms with Crippen LogP contribution in [0.3, 0.4) is 0 Å². The number of hydrogen-bond donors (Lipinski definition) is 0. The summed E-state index contributed by atoms with van der Waals surface area (Å²) in [7, 11) is 0. The second-order valence-corrected chi connectivity index (χ2v) is 3.68. The molecule has 0 aliphatic heterocycles. The molecule has 0 amide bonds. The minimum atomic E-state index is 0.913. The van der Waals surface area contributed by atoms with Crippen molar-refractivity contribution in [1.29, 1.82) is 0 Å². The molecule has 0 fully saturated rings. The van der Waals surface area contributed by atoms with Crippen molar-refractivity contribution in [2.45, 2.75) is 25.7 Å². The molecular weight excluding hydrogens is 223 g/mol. The molecule has 9 heavy (non-hydrogen) atoms. The monoisotopic (exact) mass is 236 g/mol. The van der Waals surface area contributed by atoms with E-state index in [2.05, 4.69) is 34.7 Å². The number of halogens is 1. The zero-order valence-electron chi connectivity index (χ0n) is 5.65. The molecule has 0 spiro atoms. The van der Waals surface area contributed by atoms with E-state index in [1.807, 2.05) is 0 Å². The molecule has 1 heteroatoms. The van der Waals surface area contributed by atoms with E-state index >= 15 is 0 Å². The third-order valence-corrected chi connectivity index (χ3v) is 2.46. The van der Waals surface area contributed by atoms with Crippen LogP contribution in [0.4, 0.5) is 0 Å². The Balaban J connectivity index is 2.23. The van der Waals surface area contributed by atoms with Crippen molar-refractivity contribution in [2.24, 2.45) is 5.92 Å². The third kappa shape index (κ3) is 2.70. The van der Waals surface area contributed by atoms with Crippen LogP contribution in [0.2, 0.25) is 0 Å². The first-order valence-electron chi connectivity index (χ1n) is 3.66. The van der Waals surface area contributed by atoms with Gasteiger partial charge in [0.05, 0.1) is 0 Å². The Labute approximate surface area is 70.9 Å². The highest BCUT2D eigenvalue weighted by molar-refractivity contribution is 14.1. The van der Waals surface area contributed by atoms with E-state index in [0.717, 1.165) is 5.92 Å². The molecule has 0 aromatic rings. The largest absolute Gasteiger partial charge is 0.0883 e. The standard InChI is InChI=1S/C8H13I/c9-7-6-8-4-2-1-3-5-8/h2,4,8H,1,3,5-7H2. The van der Waals surface area contributed by atoms with Crippen LogP contribution in [0.15, 0.2) is 12.2 Å². The zero-order chi connectivity index (χ0) is 6.53. The van der Waals surface area contributed by atoms with E-state index in [1.54, 1.807) is 0 Å². The summed E-state index contributed by atoms with van der Waals surface area (Å²) in [4.78, 5) is 0. The van der Waals surface area contributed by atoms with Gasteiger partial charge in [0.1, 0.15) is 0 Å². The van der Waals surface area contributed by atoms with Gasteiger partial charge in [0.25, 0.3) is 0 Å². The maximum atomic E-state index is 2.46. The topological polar surface area (TPSA) is 0 Å². The second-order valence-electron chi connectivity index (χ2n) is 2.60. The minimum Gasteiger partial charge on any atom is -0.0883 e. The number of alkyl halides is 1.